The minimum atomic E-state index is -3.70. The molecule has 0 saturated carbocycles. The van der Waals surface area contributed by atoms with E-state index in [2.05, 4.69) is 10.3 Å². The number of benzene rings is 2. The number of hydrogen-bond acceptors (Lipinski definition) is 4. The average Bonchev–Trinajstić information content (AvgIpc) is 2.77. The second-order valence-corrected chi connectivity index (χ2v) is 10.1. The molecule has 4 rings (SSSR count). The third kappa shape index (κ3) is 4.59. The summed E-state index contributed by atoms with van der Waals surface area (Å²) in [5.74, 6) is -0.229. The Morgan fingerprint density at radius 2 is 1.90 bits per heavy atom. The van der Waals surface area contributed by atoms with Crippen LogP contribution in [0.4, 0.5) is 0 Å². The highest BCUT2D eigenvalue weighted by Gasteiger charge is 2.38. The fourth-order valence-electron chi connectivity index (χ4n) is 4.16. The van der Waals surface area contributed by atoms with Crippen molar-refractivity contribution in [3.63, 3.8) is 0 Å². The molecule has 0 aliphatic carbocycles. The van der Waals surface area contributed by atoms with Crippen LogP contribution < -0.4 is 5.32 Å². The second-order valence-electron chi connectivity index (χ2n) is 7.87. The van der Waals surface area contributed by atoms with E-state index < -0.39 is 10.0 Å². The molecule has 0 unspecified atom stereocenters. The maximum absolute atomic E-state index is 13.3. The fourth-order valence-corrected chi connectivity index (χ4v) is 6.16. The van der Waals surface area contributed by atoms with E-state index in [0.717, 1.165) is 23.6 Å². The van der Waals surface area contributed by atoms with Crippen molar-refractivity contribution in [3.8, 4) is 0 Å². The molecule has 0 radical (unpaired) electrons. The lowest BCUT2D eigenvalue weighted by Gasteiger charge is -2.39. The lowest BCUT2D eigenvalue weighted by Crippen LogP contribution is -2.53. The SMILES string of the molecule is C[C@@H]1CCC[C@H](CNC(=O)c2ccc3ccncc3c2)N1S(=O)(=O)c1ccc(Cl)cc1. The van der Waals surface area contributed by atoms with Crippen LogP contribution >= 0.6 is 11.6 Å². The number of carbonyl (C=O) groups is 1. The molecule has 1 aromatic heterocycles. The molecular formula is C23H24ClN3O3S. The molecule has 1 fully saturated rings. The van der Waals surface area contributed by atoms with Crippen molar-refractivity contribution in [2.24, 2.45) is 0 Å². The molecule has 0 bridgehead atoms. The van der Waals surface area contributed by atoms with Gasteiger partial charge in [-0.05, 0) is 67.6 Å². The van der Waals surface area contributed by atoms with Gasteiger partial charge in [-0.25, -0.2) is 8.42 Å². The Bertz CT molecular complexity index is 1200. The summed E-state index contributed by atoms with van der Waals surface area (Å²) in [6.07, 6.45) is 5.82. The lowest BCUT2D eigenvalue weighted by molar-refractivity contribution is 0.0931. The van der Waals surface area contributed by atoms with Gasteiger partial charge in [-0.1, -0.05) is 24.1 Å². The molecule has 1 amide bonds. The van der Waals surface area contributed by atoms with Gasteiger partial charge in [0.05, 0.1) is 4.90 Å². The third-order valence-corrected chi connectivity index (χ3v) is 8.08. The van der Waals surface area contributed by atoms with Gasteiger partial charge in [0, 0.05) is 47.0 Å². The number of carbonyl (C=O) groups excluding carboxylic acids is 1. The Morgan fingerprint density at radius 3 is 2.68 bits per heavy atom. The number of amides is 1. The molecule has 2 heterocycles. The van der Waals surface area contributed by atoms with Gasteiger partial charge < -0.3 is 5.32 Å². The van der Waals surface area contributed by atoms with Crippen LogP contribution in [0.15, 0.2) is 65.8 Å². The number of hydrogen-bond donors (Lipinski definition) is 1. The Morgan fingerprint density at radius 1 is 1.13 bits per heavy atom. The van der Waals surface area contributed by atoms with E-state index in [4.69, 9.17) is 11.6 Å². The van der Waals surface area contributed by atoms with Gasteiger partial charge in [-0.15, -0.1) is 0 Å². The molecule has 1 aliphatic rings. The molecule has 2 atom stereocenters. The van der Waals surface area contributed by atoms with Crippen LogP contribution in [0.3, 0.4) is 0 Å². The summed E-state index contributed by atoms with van der Waals surface area (Å²) in [5.41, 5.74) is 0.525. The summed E-state index contributed by atoms with van der Waals surface area (Å²) in [7, 11) is -3.70. The number of rotatable bonds is 5. The highest BCUT2D eigenvalue weighted by molar-refractivity contribution is 7.89. The largest absolute Gasteiger partial charge is 0.350 e. The first-order valence-corrected chi connectivity index (χ1v) is 12.1. The van der Waals surface area contributed by atoms with E-state index in [9.17, 15) is 13.2 Å². The first-order valence-electron chi connectivity index (χ1n) is 10.3. The zero-order chi connectivity index (χ0) is 22.0. The van der Waals surface area contributed by atoms with E-state index in [0.29, 0.717) is 17.0 Å². The van der Waals surface area contributed by atoms with Gasteiger partial charge >= 0.3 is 0 Å². The van der Waals surface area contributed by atoms with Crippen molar-refractivity contribution in [3.05, 3.63) is 71.5 Å². The third-order valence-electron chi connectivity index (χ3n) is 5.74. The van der Waals surface area contributed by atoms with Crippen LogP contribution in [0.1, 0.15) is 36.5 Å². The molecule has 162 valence electrons. The van der Waals surface area contributed by atoms with E-state index in [1.165, 1.54) is 12.1 Å². The van der Waals surface area contributed by atoms with Crippen LogP contribution in [0.5, 0.6) is 0 Å². The van der Waals surface area contributed by atoms with Crippen molar-refractivity contribution >= 4 is 38.3 Å². The van der Waals surface area contributed by atoms with Gasteiger partial charge in [0.25, 0.3) is 5.91 Å². The van der Waals surface area contributed by atoms with Crippen molar-refractivity contribution in [2.75, 3.05) is 6.54 Å². The molecule has 0 spiro atoms. The van der Waals surface area contributed by atoms with Crippen LogP contribution in [0.25, 0.3) is 10.8 Å². The van der Waals surface area contributed by atoms with E-state index in [-0.39, 0.29) is 29.4 Å². The average molecular weight is 458 g/mol. The summed E-state index contributed by atoms with van der Waals surface area (Å²) in [5, 5.41) is 5.31. The number of nitrogens with zero attached hydrogens (tertiary/aromatic N) is 2. The molecule has 31 heavy (non-hydrogen) atoms. The number of halogens is 1. The first-order chi connectivity index (χ1) is 14.9. The van der Waals surface area contributed by atoms with Crippen LogP contribution in [0, 0.1) is 0 Å². The molecule has 8 heteroatoms. The number of fused-ring (bicyclic) bond motifs is 1. The summed E-state index contributed by atoms with van der Waals surface area (Å²) < 4.78 is 28.2. The van der Waals surface area contributed by atoms with Crippen molar-refractivity contribution < 1.29 is 13.2 Å². The van der Waals surface area contributed by atoms with Crippen molar-refractivity contribution in [1.29, 1.82) is 0 Å². The normalized spacial score (nSPS) is 19.9. The maximum atomic E-state index is 13.3. The zero-order valence-corrected chi connectivity index (χ0v) is 18.7. The fraction of sp³-hybridized carbons (Fsp3) is 0.304. The summed E-state index contributed by atoms with van der Waals surface area (Å²) in [4.78, 5) is 17.1. The second kappa shape index (κ2) is 8.94. The Labute approximate surface area is 187 Å². The first kappa shape index (κ1) is 21.7. The predicted octanol–water partition coefficient (Wildman–Crippen LogP) is 4.25. The van der Waals surface area contributed by atoms with Gasteiger partial charge in [0.2, 0.25) is 10.0 Å². The van der Waals surface area contributed by atoms with Gasteiger partial charge in [0.1, 0.15) is 0 Å². The standard InChI is InChI=1S/C23H24ClN3O3S/c1-16-3-2-4-21(27(16)31(29,30)22-9-7-20(24)8-10-22)15-26-23(28)18-6-5-17-11-12-25-14-19(17)13-18/h5-14,16,21H,2-4,15H2,1H3,(H,26,28)/t16-,21-/m1/s1. The lowest BCUT2D eigenvalue weighted by atomic mass is 9.99. The molecule has 2 aromatic carbocycles. The van der Waals surface area contributed by atoms with Gasteiger partial charge in [-0.2, -0.15) is 4.31 Å². The predicted molar refractivity (Wildman–Crippen MR) is 122 cm³/mol. The smallest absolute Gasteiger partial charge is 0.251 e. The molecule has 1 saturated heterocycles. The minimum Gasteiger partial charge on any atom is -0.350 e. The number of pyridine rings is 1. The Kier molecular flexibility index (Phi) is 6.27. The number of aromatic nitrogens is 1. The van der Waals surface area contributed by atoms with E-state index in [1.54, 1.807) is 41.0 Å². The molecule has 6 nitrogen and oxygen atoms in total. The molecule has 1 aliphatic heterocycles. The summed E-state index contributed by atoms with van der Waals surface area (Å²) in [6.45, 7) is 2.17. The zero-order valence-electron chi connectivity index (χ0n) is 17.2. The summed E-state index contributed by atoms with van der Waals surface area (Å²) in [6, 6.07) is 13.1. The molecule has 1 N–H and O–H groups in total. The quantitative estimate of drug-likeness (QED) is 0.621. The van der Waals surface area contributed by atoms with E-state index >= 15 is 0 Å². The maximum Gasteiger partial charge on any atom is 0.251 e. The van der Waals surface area contributed by atoms with Crippen molar-refractivity contribution in [2.45, 2.75) is 43.2 Å². The van der Waals surface area contributed by atoms with Crippen molar-refractivity contribution in [1.82, 2.24) is 14.6 Å². The van der Waals surface area contributed by atoms with Crippen LogP contribution in [-0.4, -0.2) is 42.2 Å². The molecular weight excluding hydrogens is 434 g/mol. The molecule has 3 aromatic rings. The number of sulfonamides is 1. The summed E-state index contributed by atoms with van der Waals surface area (Å²) >= 11 is 5.92. The van der Waals surface area contributed by atoms with Crippen LogP contribution in [0.2, 0.25) is 5.02 Å². The van der Waals surface area contributed by atoms with Crippen LogP contribution in [-0.2, 0) is 10.0 Å². The Hall–Kier alpha value is -2.48. The highest BCUT2D eigenvalue weighted by atomic mass is 35.5. The van der Waals surface area contributed by atoms with Gasteiger partial charge in [0.15, 0.2) is 0 Å². The van der Waals surface area contributed by atoms with E-state index in [1.807, 2.05) is 19.1 Å². The highest BCUT2D eigenvalue weighted by Crippen LogP contribution is 2.30. The minimum absolute atomic E-state index is 0.150. The topological polar surface area (TPSA) is 79.4 Å². The number of nitrogens with one attached hydrogen (secondary N) is 1. The monoisotopic (exact) mass is 457 g/mol. The number of piperidine rings is 1. The van der Waals surface area contributed by atoms with Gasteiger partial charge in [-0.3, -0.25) is 9.78 Å². The Balaban J connectivity index is 1.52.